The summed E-state index contributed by atoms with van der Waals surface area (Å²) in [5.41, 5.74) is 2.25. The van der Waals surface area contributed by atoms with Crippen molar-refractivity contribution in [3.8, 4) is 0 Å². The predicted molar refractivity (Wildman–Crippen MR) is 127 cm³/mol. The monoisotopic (exact) mass is 426 g/mol. The Balaban J connectivity index is 1.60. The highest BCUT2D eigenvalue weighted by Gasteiger charge is 2.67. The fourth-order valence-electron chi connectivity index (χ4n) is 10.3. The zero-order chi connectivity index (χ0) is 22.4. The first-order valence-corrected chi connectivity index (χ1v) is 13.3. The van der Waals surface area contributed by atoms with Gasteiger partial charge >= 0.3 is 5.97 Å². The van der Waals surface area contributed by atoms with E-state index in [9.17, 15) is 9.90 Å². The van der Waals surface area contributed by atoms with E-state index in [1.807, 2.05) is 0 Å². The zero-order valence-corrected chi connectivity index (χ0v) is 21.0. The third kappa shape index (κ3) is 2.72. The molecule has 0 aromatic rings. The molecular weight excluding hydrogens is 380 g/mol. The van der Waals surface area contributed by atoms with Crippen molar-refractivity contribution in [2.45, 2.75) is 112 Å². The SMILES string of the molecule is CC1CCCC2(C)C1CCC1(C)C2CC=C2C3CC(C)(C)CCC3(C(=O)O)CC[C@]21C. The van der Waals surface area contributed by atoms with Gasteiger partial charge in [0.25, 0.3) is 0 Å². The molecule has 8 atom stereocenters. The molecule has 2 nitrogen and oxygen atoms in total. The summed E-state index contributed by atoms with van der Waals surface area (Å²) >= 11 is 0. The van der Waals surface area contributed by atoms with Crippen LogP contribution in [0.4, 0.5) is 0 Å². The lowest BCUT2D eigenvalue weighted by atomic mass is 9.34. The quantitative estimate of drug-likeness (QED) is 0.433. The lowest BCUT2D eigenvalue weighted by molar-refractivity contribution is -0.179. The number of aliphatic carboxylic acids is 1. The van der Waals surface area contributed by atoms with Gasteiger partial charge in [0.2, 0.25) is 0 Å². The van der Waals surface area contributed by atoms with Crippen LogP contribution in [0.5, 0.6) is 0 Å². The molecule has 31 heavy (non-hydrogen) atoms. The summed E-state index contributed by atoms with van der Waals surface area (Å²) in [6, 6.07) is 0. The van der Waals surface area contributed by atoms with Gasteiger partial charge in [0, 0.05) is 0 Å². The largest absolute Gasteiger partial charge is 0.481 e. The highest BCUT2D eigenvalue weighted by atomic mass is 16.4. The van der Waals surface area contributed by atoms with Crippen LogP contribution in [-0.4, -0.2) is 11.1 Å². The molecule has 0 heterocycles. The standard InChI is InChI=1S/C29H46O2/c1-19-8-7-12-26(4)20(19)11-13-28(6)23(26)10-9-21-22-18-25(2,3)14-16-29(22,24(30)31)17-15-27(21,28)5/h9,19-20,22-23H,7-8,10-18H2,1-6H3,(H,30,31)/t19?,20?,22?,23?,26?,27-,28?,29?/m1/s1. The second-order valence-electron chi connectivity index (χ2n) is 14.1. The summed E-state index contributed by atoms with van der Waals surface area (Å²) in [5, 5.41) is 10.5. The maximum absolute atomic E-state index is 12.7. The molecule has 5 rings (SSSR count). The number of carbonyl (C=O) groups is 1. The molecule has 4 saturated carbocycles. The highest BCUT2D eigenvalue weighted by Crippen LogP contribution is 2.74. The second kappa shape index (κ2) is 6.63. The topological polar surface area (TPSA) is 37.3 Å². The summed E-state index contributed by atoms with van der Waals surface area (Å²) in [5.74, 6) is 2.23. The number of hydrogen-bond acceptors (Lipinski definition) is 1. The van der Waals surface area contributed by atoms with Crippen LogP contribution in [0.25, 0.3) is 0 Å². The minimum Gasteiger partial charge on any atom is -0.481 e. The summed E-state index contributed by atoms with van der Waals surface area (Å²) in [7, 11) is 0. The first kappa shape index (κ1) is 22.0. The lowest BCUT2D eigenvalue weighted by Gasteiger charge is -2.69. The number of carboxylic acids is 1. The van der Waals surface area contributed by atoms with Crippen molar-refractivity contribution in [2.24, 2.45) is 50.7 Å². The minimum absolute atomic E-state index is 0.168. The van der Waals surface area contributed by atoms with Gasteiger partial charge in [-0.1, -0.05) is 66.0 Å². The van der Waals surface area contributed by atoms with Gasteiger partial charge in [0.1, 0.15) is 0 Å². The van der Waals surface area contributed by atoms with Gasteiger partial charge in [0.15, 0.2) is 0 Å². The molecule has 0 bridgehead atoms. The Kier molecular flexibility index (Phi) is 4.71. The minimum atomic E-state index is -0.514. The zero-order valence-electron chi connectivity index (χ0n) is 21.0. The highest BCUT2D eigenvalue weighted by molar-refractivity contribution is 5.76. The van der Waals surface area contributed by atoms with E-state index in [1.54, 1.807) is 5.57 Å². The molecule has 0 aromatic carbocycles. The molecule has 0 aliphatic heterocycles. The lowest BCUT2D eigenvalue weighted by Crippen LogP contribution is -2.63. The van der Waals surface area contributed by atoms with Crippen LogP contribution in [0, 0.1) is 50.7 Å². The molecule has 7 unspecified atom stereocenters. The molecule has 0 amide bonds. The Hall–Kier alpha value is -0.790. The van der Waals surface area contributed by atoms with E-state index in [0.717, 1.165) is 49.9 Å². The van der Waals surface area contributed by atoms with Gasteiger partial charge in [0.05, 0.1) is 5.41 Å². The van der Waals surface area contributed by atoms with Gasteiger partial charge < -0.3 is 5.11 Å². The van der Waals surface area contributed by atoms with Gasteiger partial charge in [-0.2, -0.15) is 0 Å². The second-order valence-corrected chi connectivity index (χ2v) is 14.1. The third-order valence-electron chi connectivity index (χ3n) is 12.5. The smallest absolute Gasteiger partial charge is 0.310 e. The van der Waals surface area contributed by atoms with Gasteiger partial charge in [-0.3, -0.25) is 4.79 Å². The van der Waals surface area contributed by atoms with E-state index in [-0.39, 0.29) is 16.7 Å². The summed E-state index contributed by atoms with van der Waals surface area (Å²) in [6.45, 7) is 15.1. The Bertz CT molecular complexity index is 810. The van der Waals surface area contributed by atoms with Crippen molar-refractivity contribution in [3.05, 3.63) is 11.6 Å². The molecule has 174 valence electrons. The Morgan fingerprint density at radius 2 is 1.68 bits per heavy atom. The number of rotatable bonds is 1. The summed E-state index contributed by atoms with van der Waals surface area (Å²) in [4.78, 5) is 12.7. The molecule has 5 aliphatic carbocycles. The van der Waals surface area contributed by atoms with Crippen molar-refractivity contribution in [1.82, 2.24) is 0 Å². The van der Waals surface area contributed by atoms with E-state index in [2.05, 4.69) is 47.6 Å². The van der Waals surface area contributed by atoms with Crippen LogP contribution in [-0.2, 0) is 4.79 Å². The Morgan fingerprint density at radius 1 is 0.968 bits per heavy atom. The summed E-state index contributed by atoms with van der Waals surface area (Å²) in [6.07, 6.45) is 15.7. The predicted octanol–water partition coefficient (Wildman–Crippen LogP) is 7.87. The van der Waals surface area contributed by atoms with Crippen LogP contribution < -0.4 is 0 Å². The van der Waals surface area contributed by atoms with Gasteiger partial charge in [-0.25, -0.2) is 0 Å². The van der Waals surface area contributed by atoms with Crippen molar-refractivity contribution in [3.63, 3.8) is 0 Å². The molecule has 5 aliphatic rings. The molecule has 0 spiro atoms. The molecule has 0 saturated heterocycles. The fraction of sp³-hybridized carbons (Fsp3) is 0.897. The molecule has 0 radical (unpaired) electrons. The summed E-state index contributed by atoms with van der Waals surface area (Å²) < 4.78 is 0. The molecule has 1 N–H and O–H groups in total. The number of allylic oxidation sites excluding steroid dienone is 2. The van der Waals surface area contributed by atoms with E-state index >= 15 is 0 Å². The Morgan fingerprint density at radius 3 is 2.39 bits per heavy atom. The van der Waals surface area contributed by atoms with E-state index < -0.39 is 11.4 Å². The van der Waals surface area contributed by atoms with Crippen molar-refractivity contribution in [1.29, 1.82) is 0 Å². The normalized spacial score (nSPS) is 53.3. The number of carboxylic acid groups (broad SMARTS) is 1. The van der Waals surface area contributed by atoms with Crippen LogP contribution in [0.2, 0.25) is 0 Å². The maximum Gasteiger partial charge on any atom is 0.310 e. The van der Waals surface area contributed by atoms with Crippen LogP contribution in [0.3, 0.4) is 0 Å². The number of fused-ring (bicyclic) bond motifs is 7. The van der Waals surface area contributed by atoms with Crippen LogP contribution in [0.1, 0.15) is 112 Å². The van der Waals surface area contributed by atoms with Crippen LogP contribution in [0.15, 0.2) is 11.6 Å². The van der Waals surface area contributed by atoms with Crippen molar-refractivity contribution >= 4 is 5.97 Å². The maximum atomic E-state index is 12.7. The third-order valence-corrected chi connectivity index (χ3v) is 12.5. The first-order valence-electron chi connectivity index (χ1n) is 13.3. The average molecular weight is 427 g/mol. The van der Waals surface area contributed by atoms with E-state index in [0.29, 0.717) is 10.8 Å². The molecular formula is C29H46O2. The van der Waals surface area contributed by atoms with Gasteiger partial charge in [-0.05, 0) is 103 Å². The van der Waals surface area contributed by atoms with E-state index in [4.69, 9.17) is 0 Å². The van der Waals surface area contributed by atoms with Crippen molar-refractivity contribution in [2.75, 3.05) is 0 Å². The van der Waals surface area contributed by atoms with E-state index in [1.165, 1.54) is 38.5 Å². The number of hydrogen-bond donors (Lipinski definition) is 1. The van der Waals surface area contributed by atoms with Gasteiger partial charge in [-0.15, -0.1) is 0 Å². The molecule has 4 fully saturated rings. The molecule has 0 aromatic heterocycles. The average Bonchev–Trinajstić information content (AvgIpc) is 2.67. The molecule has 2 heteroatoms. The first-order chi connectivity index (χ1) is 14.4. The van der Waals surface area contributed by atoms with Crippen molar-refractivity contribution < 1.29 is 9.90 Å². The van der Waals surface area contributed by atoms with Crippen LogP contribution >= 0.6 is 0 Å². The Labute approximate surface area is 190 Å². The fourth-order valence-corrected chi connectivity index (χ4v) is 10.3.